The largest absolute Gasteiger partial charge is 0.444 e. The van der Waals surface area contributed by atoms with Crippen LogP contribution in [-0.2, 0) is 19.4 Å². The zero-order valence-electron chi connectivity index (χ0n) is 22.9. The molecule has 1 fully saturated rings. The van der Waals surface area contributed by atoms with Crippen LogP contribution in [0.3, 0.4) is 0 Å². The van der Waals surface area contributed by atoms with Crippen LogP contribution in [-0.4, -0.2) is 67.7 Å². The van der Waals surface area contributed by atoms with Crippen molar-refractivity contribution in [3.05, 3.63) is 34.7 Å². The van der Waals surface area contributed by atoms with E-state index in [2.05, 4.69) is 20.7 Å². The van der Waals surface area contributed by atoms with Gasteiger partial charge in [0.1, 0.15) is 11.1 Å². The van der Waals surface area contributed by atoms with Gasteiger partial charge in [-0.25, -0.2) is 13.2 Å². The summed E-state index contributed by atoms with van der Waals surface area (Å²) in [6.07, 6.45) is 4.79. The second kappa shape index (κ2) is 13.8. The van der Waals surface area contributed by atoms with Crippen molar-refractivity contribution in [1.82, 2.24) is 10.6 Å². The number of hydrogen-bond acceptors (Lipinski definition) is 8. The Morgan fingerprint density at radius 3 is 2.37 bits per heavy atom. The molecule has 4 unspecified atom stereocenters. The lowest BCUT2D eigenvalue weighted by molar-refractivity contribution is -0.128. The molecule has 10 nitrogen and oxygen atoms in total. The Morgan fingerprint density at radius 2 is 1.82 bits per heavy atom. The number of carbonyl (C=O) groups excluding carboxylic acids is 2. The van der Waals surface area contributed by atoms with E-state index in [1.54, 1.807) is 63.7 Å². The van der Waals surface area contributed by atoms with Crippen LogP contribution in [0.15, 0.2) is 39.2 Å². The second-order valence-electron chi connectivity index (χ2n) is 10.7. The molecule has 0 saturated heterocycles. The highest BCUT2D eigenvalue weighted by Gasteiger charge is 2.40. The van der Waals surface area contributed by atoms with Crippen LogP contribution < -0.4 is 10.6 Å². The van der Waals surface area contributed by atoms with E-state index in [1.165, 1.54) is 11.8 Å². The highest BCUT2D eigenvalue weighted by atomic mass is 32.2. The van der Waals surface area contributed by atoms with Gasteiger partial charge in [-0.2, -0.15) is 11.8 Å². The van der Waals surface area contributed by atoms with Crippen molar-refractivity contribution in [3.8, 4) is 0 Å². The summed E-state index contributed by atoms with van der Waals surface area (Å²) in [5.41, 5.74) is 6.96. The minimum atomic E-state index is -3.67. The van der Waals surface area contributed by atoms with E-state index >= 15 is 0 Å². The summed E-state index contributed by atoms with van der Waals surface area (Å²) in [5, 5.41) is 9.58. The highest BCUT2D eigenvalue weighted by molar-refractivity contribution is 7.98. The number of alkyl carbamates (subject to hydrolysis) is 1. The van der Waals surface area contributed by atoms with Crippen molar-refractivity contribution >= 4 is 45.4 Å². The van der Waals surface area contributed by atoms with Gasteiger partial charge >= 0.3 is 6.09 Å². The van der Waals surface area contributed by atoms with Crippen LogP contribution in [0.4, 0.5) is 4.79 Å². The fraction of sp³-hybridized carbons (Fsp3) is 0.680. The number of nitrogens with one attached hydrogen (secondary N) is 2. The molecule has 2 amide bonds. The van der Waals surface area contributed by atoms with E-state index in [4.69, 9.17) is 10.3 Å². The molecular weight excluding hydrogens is 547 g/mol. The molecule has 2 N–H and O–H groups in total. The SMILES string of the molecule is CSCCC(C)(NC(=O)OC(C)(C)C)C(=O)NC1CCC(N=[N+]=[N-])CC1CS(=O)(=O)c1ccc(SC)cc1. The molecule has 1 aliphatic carbocycles. The van der Waals surface area contributed by atoms with Crippen LogP contribution in [0.5, 0.6) is 0 Å². The van der Waals surface area contributed by atoms with E-state index in [0.29, 0.717) is 31.4 Å². The molecule has 38 heavy (non-hydrogen) atoms. The zero-order chi connectivity index (χ0) is 28.6. The van der Waals surface area contributed by atoms with Crippen molar-refractivity contribution in [2.75, 3.05) is 24.0 Å². The van der Waals surface area contributed by atoms with Crippen molar-refractivity contribution in [2.24, 2.45) is 11.0 Å². The van der Waals surface area contributed by atoms with E-state index in [9.17, 15) is 18.0 Å². The molecular formula is C25H39N5O5S3. The quantitative estimate of drug-likeness (QED) is 0.157. The van der Waals surface area contributed by atoms with Gasteiger partial charge in [0.05, 0.1) is 10.6 Å². The van der Waals surface area contributed by atoms with Gasteiger partial charge in [0.15, 0.2) is 9.84 Å². The van der Waals surface area contributed by atoms with Gasteiger partial charge in [0.25, 0.3) is 0 Å². The Morgan fingerprint density at radius 1 is 1.16 bits per heavy atom. The Hall–Kier alpha value is -2.08. The molecule has 1 aromatic carbocycles. The molecule has 4 atom stereocenters. The van der Waals surface area contributed by atoms with E-state index < -0.39 is 44.9 Å². The summed E-state index contributed by atoms with van der Waals surface area (Å²) in [7, 11) is -3.67. The number of ether oxygens (including phenoxy) is 1. The average molecular weight is 586 g/mol. The van der Waals surface area contributed by atoms with Crippen LogP contribution in [0, 0.1) is 5.92 Å². The lowest BCUT2D eigenvalue weighted by Gasteiger charge is -2.38. The molecule has 0 spiro atoms. The number of carbonyl (C=O) groups is 2. The van der Waals surface area contributed by atoms with Crippen LogP contribution >= 0.6 is 23.5 Å². The van der Waals surface area contributed by atoms with Crippen LogP contribution in [0.25, 0.3) is 10.4 Å². The molecule has 0 bridgehead atoms. The highest BCUT2D eigenvalue weighted by Crippen LogP contribution is 2.31. The molecule has 0 aromatic heterocycles. The molecule has 1 aromatic rings. The molecule has 0 radical (unpaired) electrons. The minimum Gasteiger partial charge on any atom is -0.444 e. The zero-order valence-corrected chi connectivity index (χ0v) is 25.3. The van der Waals surface area contributed by atoms with Crippen LogP contribution in [0.1, 0.15) is 53.4 Å². The lowest BCUT2D eigenvalue weighted by atomic mass is 9.82. The number of rotatable bonds is 11. The Balaban J connectivity index is 2.28. The average Bonchev–Trinajstić information content (AvgIpc) is 2.83. The molecule has 13 heteroatoms. The van der Waals surface area contributed by atoms with Crippen molar-refractivity contribution in [3.63, 3.8) is 0 Å². The smallest absolute Gasteiger partial charge is 0.408 e. The van der Waals surface area contributed by atoms with Crippen molar-refractivity contribution < 1.29 is 22.7 Å². The summed E-state index contributed by atoms with van der Waals surface area (Å²) in [5.74, 6) is -0.460. The fourth-order valence-corrected chi connectivity index (χ4v) is 7.04. The van der Waals surface area contributed by atoms with Crippen LogP contribution in [0.2, 0.25) is 0 Å². The Bertz CT molecular complexity index is 1120. The maximum absolute atomic E-state index is 13.6. The van der Waals surface area contributed by atoms with E-state index in [-0.39, 0.29) is 16.7 Å². The number of thioether (sulfide) groups is 2. The third-order valence-electron chi connectivity index (χ3n) is 6.42. The number of azide groups is 1. The minimum absolute atomic E-state index is 0.199. The van der Waals surface area contributed by atoms with Gasteiger partial charge in [-0.3, -0.25) is 4.79 Å². The Kier molecular flexibility index (Phi) is 11.7. The lowest BCUT2D eigenvalue weighted by Crippen LogP contribution is -2.61. The van der Waals surface area contributed by atoms with Gasteiger partial charge in [-0.05, 0) is 107 Å². The number of amides is 2. The van der Waals surface area contributed by atoms with Gasteiger partial charge in [0, 0.05) is 21.9 Å². The standard InChI is InChI=1S/C25H39N5O5S3/c1-24(2,3)35-23(32)28-25(4,13-14-36-5)22(31)27-21-12-7-18(29-30-26)15-17(21)16-38(33,34)20-10-8-19(37-6)9-11-20/h8-11,17-18,21H,7,12-16H2,1-6H3,(H,27,31)(H,28,32). The van der Waals surface area contributed by atoms with Crippen molar-refractivity contribution in [2.45, 2.75) is 86.4 Å². The second-order valence-corrected chi connectivity index (χ2v) is 14.6. The summed E-state index contributed by atoms with van der Waals surface area (Å²) >= 11 is 3.07. The van der Waals surface area contributed by atoms with E-state index in [0.717, 1.165) is 4.90 Å². The summed E-state index contributed by atoms with van der Waals surface area (Å²) in [6, 6.07) is 5.89. The molecule has 212 valence electrons. The van der Waals surface area contributed by atoms with Gasteiger partial charge < -0.3 is 15.4 Å². The first kappa shape index (κ1) is 32.1. The van der Waals surface area contributed by atoms with Gasteiger partial charge in [-0.1, -0.05) is 5.11 Å². The Labute approximate surface area is 234 Å². The third-order valence-corrected chi connectivity index (χ3v) is 9.64. The van der Waals surface area contributed by atoms with E-state index in [1.807, 2.05) is 12.5 Å². The predicted molar refractivity (Wildman–Crippen MR) is 153 cm³/mol. The number of nitrogens with zero attached hydrogens (tertiary/aromatic N) is 3. The normalized spacial score (nSPS) is 21.5. The van der Waals surface area contributed by atoms with Gasteiger partial charge in [0.2, 0.25) is 5.91 Å². The first-order valence-corrected chi connectivity index (χ1v) is 16.7. The molecule has 2 rings (SSSR count). The fourth-order valence-electron chi connectivity index (χ4n) is 4.35. The summed E-state index contributed by atoms with van der Waals surface area (Å²) in [6.45, 7) is 6.88. The number of sulfone groups is 1. The summed E-state index contributed by atoms with van der Waals surface area (Å²) < 4.78 is 32.0. The third kappa shape index (κ3) is 9.59. The molecule has 0 heterocycles. The topological polar surface area (TPSA) is 150 Å². The maximum atomic E-state index is 13.6. The predicted octanol–water partition coefficient (Wildman–Crippen LogP) is 5.18. The van der Waals surface area contributed by atoms with Gasteiger partial charge in [-0.15, -0.1) is 11.8 Å². The van der Waals surface area contributed by atoms with Crippen molar-refractivity contribution in [1.29, 1.82) is 0 Å². The first-order chi connectivity index (χ1) is 17.7. The number of benzene rings is 1. The molecule has 1 saturated carbocycles. The number of hydrogen-bond donors (Lipinski definition) is 2. The maximum Gasteiger partial charge on any atom is 0.408 e. The molecule has 0 aliphatic heterocycles. The first-order valence-electron chi connectivity index (χ1n) is 12.4. The monoisotopic (exact) mass is 585 g/mol. The molecule has 1 aliphatic rings. The summed E-state index contributed by atoms with van der Waals surface area (Å²) in [4.78, 5) is 30.2.